The number of aliphatic hydroxyl groups excluding tert-OH is 1. The molecule has 2 atom stereocenters. The molecule has 0 spiro atoms. The van der Waals surface area contributed by atoms with Gasteiger partial charge >= 0.3 is 0 Å². The zero-order chi connectivity index (χ0) is 23.5. The molecule has 3 aromatic rings. The minimum absolute atomic E-state index is 0.113. The molecule has 0 aliphatic carbocycles. The molecule has 0 saturated carbocycles. The number of carbonyl (C=O) groups excluding carboxylic acids is 2. The van der Waals surface area contributed by atoms with Gasteiger partial charge < -0.3 is 15.3 Å². The first-order valence-electron chi connectivity index (χ1n) is 11.0. The van der Waals surface area contributed by atoms with E-state index in [1.54, 1.807) is 28.6 Å². The molecule has 1 aromatic heterocycles. The highest BCUT2D eigenvalue weighted by Crippen LogP contribution is 2.32. The van der Waals surface area contributed by atoms with Crippen molar-refractivity contribution in [3.63, 3.8) is 0 Å². The lowest BCUT2D eigenvalue weighted by atomic mass is 9.96. The Bertz CT molecular complexity index is 1180. The molecule has 0 bridgehead atoms. The van der Waals surface area contributed by atoms with Gasteiger partial charge in [0.1, 0.15) is 0 Å². The number of aromatic nitrogens is 2. The predicted octanol–water partition coefficient (Wildman–Crippen LogP) is 3.54. The second-order valence-corrected chi connectivity index (χ2v) is 8.84. The Balaban J connectivity index is 1.61. The van der Waals surface area contributed by atoms with Crippen LogP contribution in [0.3, 0.4) is 0 Å². The van der Waals surface area contributed by atoms with Crippen molar-refractivity contribution in [1.29, 1.82) is 0 Å². The van der Waals surface area contributed by atoms with Crippen molar-refractivity contribution >= 4 is 29.1 Å². The molecule has 172 valence electrons. The molecule has 0 saturated heterocycles. The number of benzene rings is 2. The van der Waals surface area contributed by atoms with Crippen molar-refractivity contribution in [2.45, 2.75) is 32.7 Å². The number of amides is 2. The minimum Gasteiger partial charge on any atom is -0.394 e. The van der Waals surface area contributed by atoms with Crippen molar-refractivity contribution in [2.24, 2.45) is 5.92 Å². The lowest BCUT2D eigenvalue weighted by Gasteiger charge is -2.23. The Kier molecular flexibility index (Phi) is 6.81. The van der Waals surface area contributed by atoms with Gasteiger partial charge in [0, 0.05) is 30.4 Å². The maximum absolute atomic E-state index is 13.6. The van der Waals surface area contributed by atoms with Gasteiger partial charge in [-0.05, 0) is 62.6 Å². The van der Waals surface area contributed by atoms with E-state index in [-0.39, 0.29) is 30.4 Å². The number of halogens is 1. The van der Waals surface area contributed by atoms with Crippen molar-refractivity contribution in [3.8, 4) is 5.69 Å². The van der Waals surface area contributed by atoms with E-state index in [9.17, 15) is 14.7 Å². The zero-order valence-electron chi connectivity index (χ0n) is 18.7. The van der Waals surface area contributed by atoms with Gasteiger partial charge in [0.25, 0.3) is 5.91 Å². The van der Waals surface area contributed by atoms with Gasteiger partial charge in [0.15, 0.2) is 0 Å². The van der Waals surface area contributed by atoms with Gasteiger partial charge in [0.05, 0.1) is 28.6 Å². The van der Waals surface area contributed by atoms with Gasteiger partial charge in [0.2, 0.25) is 5.91 Å². The number of aliphatic hydroxyl groups is 1. The third-order valence-corrected chi connectivity index (χ3v) is 6.21. The summed E-state index contributed by atoms with van der Waals surface area (Å²) in [5.74, 6) is -0.614. The van der Waals surface area contributed by atoms with Crippen LogP contribution in [0.15, 0.2) is 54.7 Å². The monoisotopic (exact) mass is 466 g/mol. The summed E-state index contributed by atoms with van der Waals surface area (Å²) in [6.45, 7) is 3.93. The molecule has 1 aliphatic rings. The molecule has 4 rings (SSSR count). The molecule has 8 heteroatoms. The predicted molar refractivity (Wildman–Crippen MR) is 128 cm³/mol. The molecule has 2 aromatic carbocycles. The fourth-order valence-electron chi connectivity index (χ4n) is 4.08. The Morgan fingerprint density at radius 1 is 1.24 bits per heavy atom. The third kappa shape index (κ3) is 4.94. The fraction of sp³-hybridized carbons (Fsp3) is 0.320. The molecule has 1 aliphatic heterocycles. The number of para-hydroxylation sites is 1. The Hall–Kier alpha value is -3.16. The number of aryl methyl sites for hydroxylation is 1. The molecule has 2 heterocycles. The summed E-state index contributed by atoms with van der Waals surface area (Å²) in [4.78, 5) is 28.0. The SMILES string of the molecule is Cc1ccn(-c2ccc(C(=O)N3CCC(C(=O)N[C@@H](C)CO)Cc4ccccc43)c(Cl)c2)n1. The highest BCUT2D eigenvalue weighted by molar-refractivity contribution is 6.34. The number of rotatable bonds is 5. The first-order valence-corrected chi connectivity index (χ1v) is 11.4. The van der Waals surface area contributed by atoms with Gasteiger partial charge in [-0.3, -0.25) is 9.59 Å². The molecule has 1 unspecified atom stereocenters. The van der Waals surface area contributed by atoms with Crippen molar-refractivity contribution in [2.75, 3.05) is 18.1 Å². The smallest absolute Gasteiger partial charge is 0.259 e. The van der Waals surface area contributed by atoms with Crippen LogP contribution in [0.1, 0.15) is 35.0 Å². The van der Waals surface area contributed by atoms with Crippen LogP contribution in [0.2, 0.25) is 5.02 Å². The number of hydrogen-bond donors (Lipinski definition) is 2. The van der Waals surface area contributed by atoms with Crippen LogP contribution in [0, 0.1) is 12.8 Å². The van der Waals surface area contributed by atoms with Crippen molar-refractivity contribution < 1.29 is 14.7 Å². The van der Waals surface area contributed by atoms with Crippen LogP contribution in [0.25, 0.3) is 5.69 Å². The lowest BCUT2D eigenvalue weighted by Crippen LogP contribution is -2.40. The van der Waals surface area contributed by atoms with Crippen LogP contribution in [0.4, 0.5) is 5.69 Å². The maximum atomic E-state index is 13.6. The topological polar surface area (TPSA) is 87.5 Å². The molecule has 2 amide bonds. The van der Waals surface area contributed by atoms with E-state index in [4.69, 9.17) is 11.6 Å². The number of nitrogens with one attached hydrogen (secondary N) is 1. The van der Waals surface area contributed by atoms with E-state index >= 15 is 0 Å². The Morgan fingerprint density at radius 3 is 2.73 bits per heavy atom. The lowest BCUT2D eigenvalue weighted by molar-refractivity contribution is -0.126. The highest BCUT2D eigenvalue weighted by Gasteiger charge is 2.30. The average molecular weight is 467 g/mol. The number of nitrogens with zero attached hydrogens (tertiary/aromatic N) is 3. The van der Waals surface area contributed by atoms with Crippen molar-refractivity contribution in [3.05, 3.63) is 76.6 Å². The normalized spacial score (nSPS) is 16.6. The second-order valence-electron chi connectivity index (χ2n) is 8.43. The van der Waals surface area contributed by atoms with Gasteiger partial charge in [-0.2, -0.15) is 5.10 Å². The van der Waals surface area contributed by atoms with Crippen LogP contribution < -0.4 is 10.2 Å². The Morgan fingerprint density at radius 2 is 2.03 bits per heavy atom. The van der Waals surface area contributed by atoms with E-state index in [1.165, 1.54) is 0 Å². The van der Waals surface area contributed by atoms with E-state index in [0.717, 1.165) is 22.6 Å². The minimum atomic E-state index is -0.315. The molecule has 7 nitrogen and oxygen atoms in total. The van der Waals surface area contributed by atoms with Crippen LogP contribution in [-0.4, -0.2) is 45.9 Å². The molecule has 0 radical (unpaired) electrons. The molecule has 2 N–H and O–H groups in total. The number of fused-ring (bicyclic) bond motifs is 1. The summed E-state index contributed by atoms with van der Waals surface area (Å²) < 4.78 is 1.72. The zero-order valence-corrected chi connectivity index (χ0v) is 19.4. The molecule has 0 fully saturated rings. The van der Waals surface area contributed by atoms with E-state index in [2.05, 4.69) is 10.4 Å². The van der Waals surface area contributed by atoms with Crippen LogP contribution in [0.5, 0.6) is 0 Å². The largest absolute Gasteiger partial charge is 0.394 e. The first-order chi connectivity index (χ1) is 15.9. The summed E-state index contributed by atoms with van der Waals surface area (Å²) >= 11 is 6.54. The van der Waals surface area contributed by atoms with E-state index in [0.29, 0.717) is 30.0 Å². The Labute approximate surface area is 198 Å². The molecule has 33 heavy (non-hydrogen) atoms. The van der Waals surface area contributed by atoms with E-state index in [1.807, 2.05) is 49.5 Å². The highest BCUT2D eigenvalue weighted by atomic mass is 35.5. The number of carbonyl (C=O) groups is 2. The van der Waals surface area contributed by atoms with Crippen LogP contribution in [-0.2, 0) is 11.2 Å². The van der Waals surface area contributed by atoms with Gasteiger partial charge in [-0.25, -0.2) is 4.68 Å². The maximum Gasteiger partial charge on any atom is 0.259 e. The number of hydrogen-bond acceptors (Lipinski definition) is 4. The van der Waals surface area contributed by atoms with Crippen molar-refractivity contribution in [1.82, 2.24) is 15.1 Å². The quantitative estimate of drug-likeness (QED) is 0.602. The van der Waals surface area contributed by atoms with Crippen LogP contribution >= 0.6 is 11.6 Å². The van der Waals surface area contributed by atoms with Gasteiger partial charge in [-0.1, -0.05) is 29.8 Å². The molecular formula is C25H27ClN4O3. The first kappa shape index (κ1) is 23.0. The summed E-state index contributed by atoms with van der Waals surface area (Å²) in [6, 6.07) is 14.5. The number of anilines is 1. The second kappa shape index (κ2) is 9.77. The standard InChI is InChI=1S/C25H27ClN4O3/c1-16-9-12-30(28-16)20-7-8-21(22(26)14-20)25(33)29-11-10-19(24(32)27-17(2)15-31)13-18-5-3-4-6-23(18)29/h3-9,12,14,17,19,31H,10-11,13,15H2,1-2H3,(H,27,32)/t17-,19?/m0/s1. The summed E-state index contributed by atoms with van der Waals surface area (Å²) in [6.07, 6.45) is 2.87. The molecular weight excluding hydrogens is 440 g/mol. The van der Waals surface area contributed by atoms with E-state index < -0.39 is 0 Å². The average Bonchev–Trinajstić information content (AvgIpc) is 3.14. The summed E-state index contributed by atoms with van der Waals surface area (Å²) in [7, 11) is 0. The summed E-state index contributed by atoms with van der Waals surface area (Å²) in [5.41, 5.74) is 3.78. The summed E-state index contributed by atoms with van der Waals surface area (Å²) in [5, 5.41) is 16.8. The fourth-order valence-corrected chi connectivity index (χ4v) is 4.34. The van der Waals surface area contributed by atoms with Gasteiger partial charge in [-0.15, -0.1) is 0 Å². The third-order valence-electron chi connectivity index (χ3n) is 5.90.